The molecule has 2 aromatic rings. The SMILES string of the molecule is Cn1nccc1C(=O)N[C@@H]1C[C@H]2Oc3ccccc3N[C@H]2[C@@H]1O. The molecule has 4 atom stereocenters. The lowest BCUT2D eigenvalue weighted by molar-refractivity contribution is 0.0844. The Labute approximate surface area is 133 Å². The average Bonchev–Trinajstić information content (AvgIpc) is 3.10. The molecule has 1 amide bonds. The van der Waals surface area contributed by atoms with Crippen LogP contribution in [0.25, 0.3) is 0 Å². The van der Waals surface area contributed by atoms with Crippen LogP contribution in [0.5, 0.6) is 5.75 Å². The van der Waals surface area contributed by atoms with Crippen molar-refractivity contribution in [2.75, 3.05) is 5.32 Å². The van der Waals surface area contributed by atoms with Gasteiger partial charge in [0.1, 0.15) is 17.5 Å². The molecule has 120 valence electrons. The summed E-state index contributed by atoms with van der Waals surface area (Å²) in [6.07, 6.45) is 1.24. The number of hydrogen-bond acceptors (Lipinski definition) is 5. The largest absolute Gasteiger partial charge is 0.486 e. The summed E-state index contributed by atoms with van der Waals surface area (Å²) >= 11 is 0. The van der Waals surface area contributed by atoms with Gasteiger partial charge in [0.25, 0.3) is 5.91 Å². The number of anilines is 1. The van der Waals surface area contributed by atoms with Gasteiger partial charge in [-0.05, 0) is 18.2 Å². The van der Waals surface area contributed by atoms with Crippen LogP contribution in [0.3, 0.4) is 0 Å². The number of aliphatic hydroxyl groups excluding tert-OH is 1. The molecule has 1 aromatic heterocycles. The van der Waals surface area contributed by atoms with E-state index in [-0.39, 0.29) is 24.1 Å². The highest BCUT2D eigenvalue weighted by atomic mass is 16.5. The highest BCUT2D eigenvalue weighted by Crippen LogP contribution is 2.37. The fourth-order valence-corrected chi connectivity index (χ4v) is 3.32. The normalized spacial score (nSPS) is 28.3. The van der Waals surface area contributed by atoms with Crippen molar-refractivity contribution < 1.29 is 14.6 Å². The molecule has 0 unspecified atom stereocenters. The van der Waals surface area contributed by atoms with Crippen LogP contribution in [-0.4, -0.2) is 45.1 Å². The van der Waals surface area contributed by atoms with Crippen LogP contribution < -0.4 is 15.4 Å². The topological polar surface area (TPSA) is 88.4 Å². The van der Waals surface area contributed by atoms with Gasteiger partial charge in [-0.25, -0.2) is 0 Å². The summed E-state index contributed by atoms with van der Waals surface area (Å²) < 4.78 is 7.47. The van der Waals surface area contributed by atoms with E-state index in [1.807, 2.05) is 24.3 Å². The minimum atomic E-state index is -0.717. The van der Waals surface area contributed by atoms with E-state index in [0.29, 0.717) is 12.1 Å². The summed E-state index contributed by atoms with van der Waals surface area (Å²) in [5, 5.41) is 20.7. The Kier molecular flexibility index (Phi) is 3.23. The third-order valence-corrected chi connectivity index (χ3v) is 4.52. The molecular formula is C16H18N4O3. The Hall–Kier alpha value is -2.54. The zero-order valence-electron chi connectivity index (χ0n) is 12.6. The van der Waals surface area contributed by atoms with Gasteiger partial charge in [0.15, 0.2) is 0 Å². The van der Waals surface area contributed by atoms with Crippen molar-refractivity contribution >= 4 is 11.6 Å². The predicted molar refractivity (Wildman–Crippen MR) is 83.4 cm³/mol. The van der Waals surface area contributed by atoms with Gasteiger partial charge < -0.3 is 20.5 Å². The van der Waals surface area contributed by atoms with Crippen molar-refractivity contribution in [3.63, 3.8) is 0 Å². The molecule has 7 heteroatoms. The standard InChI is InChI=1S/C16H18N4O3/c1-20-11(6-7-17-20)16(22)19-10-8-13-14(15(10)21)18-9-4-2-3-5-12(9)23-13/h2-7,10,13-15,18,21H,8H2,1H3,(H,19,22)/t10-,13-,14-,15-/m1/s1. The summed E-state index contributed by atoms with van der Waals surface area (Å²) in [4.78, 5) is 12.3. The highest BCUT2D eigenvalue weighted by molar-refractivity contribution is 5.92. The second kappa shape index (κ2) is 5.27. The molecule has 0 bridgehead atoms. The molecular weight excluding hydrogens is 296 g/mol. The van der Waals surface area contributed by atoms with Crippen molar-refractivity contribution in [1.29, 1.82) is 0 Å². The van der Waals surface area contributed by atoms with Gasteiger partial charge in [0.2, 0.25) is 0 Å². The molecule has 2 heterocycles. The monoisotopic (exact) mass is 314 g/mol. The van der Waals surface area contributed by atoms with Gasteiger partial charge in [0.05, 0.1) is 23.9 Å². The number of aryl methyl sites for hydroxylation is 1. The number of ether oxygens (including phenoxy) is 1. The number of nitrogens with zero attached hydrogens (tertiary/aromatic N) is 2. The van der Waals surface area contributed by atoms with E-state index in [0.717, 1.165) is 11.4 Å². The number of hydrogen-bond donors (Lipinski definition) is 3. The molecule has 3 N–H and O–H groups in total. The third kappa shape index (κ3) is 2.33. The van der Waals surface area contributed by atoms with Gasteiger partial charge in [-0.2, -0.15) is 5.10 Å². The summed E-state index contributed by atoms with van der Waals surface area (Å²) in [6, 6.07) is 8.68. The van der Waals surface area contributed by atoms with Crippen molar-refractivity contribution in [3.8, 4) is 5.75 Å². The lowest BCUT2D eigenvalue weighted by atomic mass is 10.1. The number of aromatic nitrogens is 2. The van der Waals surface area contributed by atoms with Gasteiger partial charge >= 0.3 is 0 Å². The fourth-order valence-electron chi connectivity index (χ4n) is 3.32. The molecule has 1 saturated carbocycles. The number of rotatable bonds is 2. The van der Waals surface area contributed by atoms with Gasteiger partial charge in [-0.15, -0.1) is 0 Å². The van der Waals surface area contributed by atoms with Crippen LogP contribution >= 0.6 is 0 Å². The number of aliphatic hydroxyl groups is 1. The van der Waals surface area contributed by atoms with E-state index in [1.165, 1.54) is 4.68 Å². The van der Waals surface area contributed by atoms with Crippen molar-refractivity contribution in [3.05, 3.63) is 42.2 Å². The van der Waals surface area contributed by atoms with E-state index in [4.69, 9.17) is 4.74 Å². The van der Waals surface area contributed by atoms with Crippen molar-refractivity contribution in [2.45, 2.75) is 30.7 Å². The first-order valence-electron chi connectivity index (χ1n) is 7.62. The van der Waals surface area contributed by atoms with Crippen molar-refractivity contribution in [2.24, 2.45) is 7.05 Å². The number of carbonyl (C=O) groups excluding carboxylic acids is 1. The molecule has 1 aromatic carbocycles. The van der Waals surface area contributed by atoms with Gasteiger partial charge in [-0.3, -0.25) is 9.48 Å². The Morgan fingerprint density at radius 2 is 2.26 bits per heavy atom. The highest BCUT2D eigenvalue weighted by Gasteiger charge is 2.47. The van der Waals surface area contributed by atoms with E-state index in [1.54, 1.807) is 19.3 Å². The zero-order valence-corrected chi connectivity index (χ0v) is 12.6. The zero-order chi connectivity index (χ0) is 16.0. The molecule has 2 aliphatic rings. The lowest BCUT2D eigenvalue weighted by Gasteiger charge is -2.31. The maximum absolute atomic E-state index is 12.3. The quantitative estimate of drug-likeness (QED) is 0.752. The first-order chi connectivity index (χ1) is 11.1. The number of fused-ring (bicyclic) bond motifs is 2. The molecule has 1 fully saturated rings. The maximum Gasteiger partial charge on any atom is 0.269 e. The first kappa shape index (κ1) is 14.1. The van der Waals surface area contributed by atoms with E-state index in [2.05, 4.69) is 15.7 Å². The summed E-state index contributed by atoms with van der Waals surface area (Å²) in [7, 11) is 1.71. The number of nitrogens with one attached hydrogen (secondary N) is 2. The Morgan fingerprint density at radius 3 is 3.04 bits per heavy atom. The first-order valence-corrected chi connectivity index (χ1v) is 7.62. The van der Waals surface area contributed by atoms with E-state index in [9.17, 15) is 9.90 Å². The van der Waals surface area contributed by atoms with Gasteiger partial charge in [-0.1, -0.05) is 12.1 Å². The molecule has 0 spiro atoms. The number of benzene rings is 1. The molecule has 4 rings (SSSR count). The molecule has 23 heavy (non-hydrogen) atoms. The van der Waals surface area contributed by atoms with Crippen LogP contribution in [0.15, 0.2) is 36.5 Å². The summed E-state index contributed by atoms with van der Waals surface area (Å²) in [6.45, 7) is 0. The fraction of sp³-hybridized carbons (Fsp3) is 0.375. The minimum absolute atomic E-state index is 0.170. The van der Waals surface area contributed by atoms with Crippen LogP contribution in [0.1, 0.15) is 16.9 Å². The van der Waals surface area contributed by atoms with Crippen LogP contribution in [0.4, 0.5) is 5.69 Å². The van der Waals surface area contributed by atoms with E-state index >= 15 is 0 Å². The maximum atomic E-state index is 12.3. The van der Waals surface area contributed by atoms with E-state index < -0.39 is 6.10 Å². The Morgan fingerprint density at radius 1 is 1.43 bits per heavy atom. The average molecular weight is 314 g/mol. The van der Waals surface area contributed by atoms with Crippen molar-refractivity contribution in [1.82, 2.24) is 15.1 Å². The Balaban J connectivity index is 1.49. The van der Waals surface area contributed by atoms with Crippen LogP contribution in [0.2, 0.25) is 0 Å². The summed E-state index contributed by atoms with van der Waals surface area (Å²) in [5.74, 6) is 0.532. The Bertz CT molecular complexity index is 744. The molecule has 1 aliphatic carbocycles. The second-order valence-electron chi connectivity index (χ2n) is 5.97. The minimum Gasteiger partial charge on any atom is -0.486 e. The molecule has 0 radical (unpaired) electrons. The predicted octanol–water partition coefficient (Wildman–Crippen LogP) is 0.525. The number of para-hydroxylation sites is 2. The van der Waals surface area contributed by atoms with Crippen LogP contribution in [0, 0.1) is 0 Å². The lowest BCUT2D eigenvalue weighted by Crippen LogP contribution is -2.47. The molecule has 0 saturated heterocycles. The van der Waals surface area contributed by atoms with Gasteiger partial charge in [0, 0.05) is 19.7 Å². The number of amides is 1. The van der Waals surface area contributed by atoms with Crippen LogP contribution in [-0.2, 0) is 7.05 Å². The summed E-state index contributed by atoms with van der Waals surface area (Å²) in [5.41, 5.74) is 1.33. The number of carbonyl (C=O) groups is 1. The smallest absolute Gasteiger partial charge is 0.269 e. The second-order valence-corrected chi connectivity index (χ2v) is 5.97. The third-order valence-electron chi connectivity index (χ3n) is 4.52. The molecule has 1 aliphatic heterocycles. The molecule has 7 nitrogen and oxygen atoms in total.